The molecule has 0 atom stereocenters. The zero-order valence-corrected chi connectivity index (χ0v) is 39.4. The molecule has 5 aromatic carbocycles. The number of benzene rings is 5. The smallest absolute Gasteiger partial charge is 0.296 e. The molecular formula is C41H35N9O15S5. The molecule has 7 rings (SSSR count). The molecule has 70 heavy (non-hydrogen) atoms. The van der Waals surface area contributed by atoms with Gasteiger partial charge in [0.25, 0.3) is 36.3 Å². The first-order chi connectivity index (χ1) is 33.2. The SMILES string of the molecule is Nc1c(S(=O)(=O)O)cc(Nc2ccc(Nc3nc(NCOCSSOCCNC(=O)c4ccc(C=O)cc4)nc(Nc4ccccc4S(=O)(=O)O)n3)c(S(=O)(=O)O)c2)c2c1C(=O)c1ccccc1C2=O. The highest BCUT2D eigenvalue weighted by Crippen LogP contribution is 2.41. The van der Waals surface area contributed by atoms with E-state index in [1.807, 2.05) is 0 Å². The summed E-state index contributed by atoms with van der Waals surface area (Å²) in [5.41, 5.74) is 3.98. The van der Waals surface area contributed by atoms with Gasteiger partial charge in [0.1, 0.15) is 33.6 Å². The number of amides is 1. The average molecular weight is 1050 g/mol. The molecule has 0 aliphatic heterocycles. The molecule has 0 saturated carbocycles. The minimum Gasteiger partial charge on any atom is -0.397 e. The van der Waals surface area contributed by atoms with Crippen LogP contribution < -0.4 is 32.3 Å². The first-order valence-electron chi connectivity index (χ1n) is 19.7. The number of ketones is 2. The molecule has 0 fully saturated rings. The highest BCUT2D eigenvalue weighted by atomic mass is 33.1. The van der Waals surface area contributed by atoms with E-state index in [1.165, 1.54) is 72.8 Å². The molecule has 29 heteroatoms. The number of hydrogen-bond acceptors (Lipinski definition) is 22. The lowest BCUT2D eigenvalue weighted by Crippen LogP contribution is -2.26. The zero-order valence-electron chi connectivity index (χ0n) is 35.3. The van der Waals surface area contributed by atoms with Crippen LogP contribution in [0.25, 0.3) is 0 Å². The predicted molar refractivity (Wildman–Crippen MR) is 256 cm³/mol. The fraction of sp³-hybridized carbons (Fsp3) is 0.0976. The number of para-hydroxylation sites is 1. The molecule has 364 valence electrons. The third-order valence-electron chi connectivity index (χ3n) is 9.65. The van der Waals surface area contributed by atoms with Crippen LogP contribution in [0.15, 0.2) is 112 Å². The maximum Gasteiger partial charge on any atom is 0.296 e. The number of ether oxygens (including phenoxy) is 1. The largest absolute Gasteiger partial charge is 0.397 e. The summed E-state index contributed by atoms with van der Waals surface area (Å²) in [6.07, 6.45) is 0.667. The van der Waals surface area contributed by atoms with Crippen LogP contribution in [0.5, 0.6) is 0 Å². The van der Waals surface area contributed by atoms with E-state index in [0.717, 1.165) is 46.1 Å². The van der Waals surface area contributed by atoms with Crippen molar-refractivity contribution in [2.24, 2.45) is 0 Å². The van der Waals surface area contributed by atoms with E-state index < -0.39 is 73.8 Å². The summed E-state index contributed by atoms with van der Waals surface area (Å²) in [6, 6.07) is 20.9. The number of carbonyl (C=O) groups is 4. The lowest BCUT2D eigenvalue weighted by molar-refractivity contribution is 0.0947. The number of fused-ring (bicyclic) bond motifs is 2. The summed E-state index contributed by atoms with van der Waals surface area (Å²) in [7, 11) is -13.9. The third kappa shape index (κ3) is 12.0. The second-order valence-electron chi connectivity index (χ2n) is 14.3. The Hall–Kier alpha value is -7.06. The van der Waals surface area contributed by atoms with E-state index in [4.69, 9.17) is 14.7 Å². The monoisotopic (exact) mass is 1050 g/mol. The van der Waals surface area contributed by atoms with E-state index in [0.29, 0.717) is 17.4 Å². The topological polar surface area (TPSA) is 375 Å². The summed E-state index contributed by atoms with van der Waals surface area (Å²) in [6.45, 7) is 0.0801. The second-order valence-corrected chi connectivity index (χ2v) is 20.4. The van der Waals surface area contributed by atoms with Crippen LogP contribution in [-0.2, 0) is 39.3 Å². The Bertz CT molecular complexity index is 3400. The normalized spacial score (nSPS) is 12.4. The Kier molecular flexibility index (Phi) is 15.5. The van der Waals surface area contributed by atoms with Crippen molar-refractivity contribution in [1.29, 1.82) is 0 Å². The van der Waals surface area contributed by atoms with Gasteiger partial charge >= 0.3 is 0 Å². The van der Waals surface area contributed by atoms with Gasteiger partial charge in [-0.1, -0.05) is 48.5 Å². The Morgan fingerprint density at radius 2 is 1.26 bits per heavy atom. The van der Waals surface area contributed by atoms with Gasteiger partial charge < -0.3 is 41.2 Å². The van der Waals surface area contributed by atoms with Gasteiger partial charge in [0.05, 0.1) is 51.6 Å². The van der Waals surface area contributed by atoms with E-state index in [9.17, 15) is 58.1 Å². The van der Waals surface area contributed by atoms with Crippen molar-refractivity contribution < 1.29 is 67.0 Å². The molecule has 0 spiro atoms. The highest BCUT2D eigenvalue weighted by molar-refractivity contribution is 8.74. The van der Waals surface area contributed by atoms with E-state index in [1.54, 1.807) is 0 Å². The Morgan fingerprint density at radius 3 is 1.89 bits per heavy atom. The van der Waals surface area contributed by atoms with E-state index in [-0.39, 0.29) is 83.1 Å². The Morgan fingerprint density at radius 1 is 0.671 bits per heavy atom. The molecule has 1 aliphatic carbocycles. The summed E-state index contributed by atoms with van der Waals surface area (Å²) in [5, 5.41) is 13.4. The van der Waals surface area contributed by atoms with Gasteiger partial charge in [0.2, 0.25) is 17.8 Å². The highest BCUT2D eigenvalue weighted by Gasteiger charge is 2.36. The Balaban J connectivity index is 1.09. The van der Waals surface area contributed by atoms with Crippen molar-refractivity contribution in [1.82, 2.24) is 20.3 Å². The molecule has 24 nitrogen and oxygen atoms in total. The number of rotatable bonds is 21. The number of aldehydes is 1. The number of nitrogen functional groups attached to an aromatic ring is 1. The maximum absolute atomic E-state index is 13.8. The van der Waals surface area contributed by atoms with Crippen molar-refractivity contribution in [2.45, 2.75) is 14.7 Å². The van der Waals surface area contributed by atoms with Crippen LogP contribution in [-0.4, -0.2) is 103 Å². The van der Waals surface area contributed by atoms with Crippen molar-refractivity contribution in [2.75, 3.05) is 52.8 Å². The number of nitrogens with zero attached hydrogens (tertiary/aromatic N) is 3. The van der Waals surface area contributed by atoms with Crippen molar-refractivity contribution >= 4 is 122 Å². The van der Waals surface area contributed by atoms with Crippen LogP contribution in [0.3, 0.4) is 0 Å². The maximum atomic E-state index is 13.8. The molecule has 0 saturated heterocycles. The van der Waals surface area contributed by atoms with Crippen molar-refractivity contribution in [3.05, 3.63) is 130 Å². The number of nitrogens with two attached hydrogens (primary N) is 1. The number of aromatic nitrogens is 3. The lowest BCUT2D eigenvalue weighted by Gasteiger charge is -2.24. The summed E-state index contributed by atoms with van der Waals surface area (Å²) < 4.78 is 116. The van der Waals surface area contributed by atoms with E-state index >= 15 is 0 Å². The van der Waals surface area contributed by atoms with Gasteiger partial charge in [0, 0.05) is 34.5 Å². The molecule has 0 bridgehead atoms. The van der Waals surface area contributed by atoms with Gasteiger partial charge in [0.15, 0.2) is 11.6 Å². The van der Waals surface area contributed by atoms with Gasteiger partial charge in [-0.25, -0.2) is 0 Å². The molecular weight excluding hydrogens is 1020 g/mol. The van der Waals surface area contributed by atoms with Gasteiger partial charge in [-0.2, -0.15) is 40.2 Å². The van der Waals surface area contributed by atoms with Crippen LogP contribution >= 0.6 is 21.9 Å². The molecule has 1 aliphatic rings. The van der Waals surface area contributed by atoms with Crippen LogP contribution in [0.2, 0.25) is 0 Å². The first kappa shape index (κ1) is 50.8. The summed E-state index contributed by atoms with van der Waals surface area (Å²) in [5.74, 6) is -2.89. The first-order valence-corrected chi connectivity index (χ1v) is 26.2. The van der Waals surface area contributed by atoms with E-state index in [2.05, 4.69) is 41.5 Å². The quantitative estimate of drug-likeness (QED) is 0.00859. The van der Waals surface area contributed by atoms with Crippen molar-refractivity contribution in [3.8, 4) is 0 Å². The van der Waals surface area contributed by atoms with Crippen LogP contribution in [0.4, 0.5) is 46.3 Å². The fourth-order valence-corrected chi connectivity index (χ4v) is 9.69. The van der Waals surface area contributed by atoms with Gasteiger partial charge in [-0.05, 0) is 59.3 Å². The molecule has 1 heterocycles. The molecule has 0 radical (unpaired) electrons. The molecule has 1 amide bonds. The number of anilines is 8. The molecule has 6 aromatic rings. The van der Waals surface area contributed by atoms with Gasteiger partial charge in [-0.3, -0.25) is 32.8 Å². The van der Waals surface area contributed by atoms with Crippen LogP contribution in [0.1, 0.15) is 52.6 Å². The number of hydrogen-bond donors (Lipinski definition) is 9. The molecule has 1 aromatic heterocycles. The predicted octanol–water partition coefficient (Wildman–Crippen LogP) is 5.10. The lowest BCUT2D eigenvalue weighted by atomic mass is 9.82. The summed E-state index contributed by atoms with van der Waals surface area (Å²) in [4.78, 5) is 60.8. The number of nitrogens with one attached hydrogen (secondary N) is 5. The minimum atomic E-state index is -5.16. The molecule has 0 unspecified atom stereocenters. The fourth-order valence-electron chi connectivity index (χ4n) is 6.58. The minimum absolute atomic E-state index is 0.0439. The average Bonchev–Trinajstić information content (AvgIpc) is 3.31. The molecule has 10 N–H and O–H groups in total. The zero-order chi connectivity index (χ0) is 50.4. The second kappa shape index (κ2) is 21.3. The third-order valence-corrected chi connectivity index (χ3v) is 13.8. The van der Waals surface area contributed by atoms with Gasteiger partial charge in [-0.15, -0.1) is 0 Å². The standard InChI is InChI=1S/C41H35N9O15S5/c42-35-32(70(61,62)63)18-29(33-34(35)37(53)26-6-2-1-5-25(26)36(33)52)45-24-13-14-28(31(17-24)69(58,59)60)47-41-49-39(48-40(50-41)46-27-7-3-4-8-30(27)68(55,56)57)44-20-64-21-66-67-65-16-15-43-38(54)23-11-9-22(19-51)10-12-23/h1-14,17-19,45H,15-16,20-21,42H2,(H,43,54)(H,55,56,57)(H,58,59,60)(H,61,62,63)(H3,44,46,47,48,49,50). The van der Waals surface area contributed by atoms with Crippen LogP contribution in [0, 0.1) is 0 Å². The Labute approximate surface area is 405 Å². The summed E-state index contributed by atoms with van der Waals surface area (Å²) >= 11 is 0.974. The van der Waals surface area contributed by atoms with Crippen molar-refractivity contribution in [3.63, 3.8) is 0 Å². The number of carbonyl (C=O) groups excluding carboxylic acids is 4.